The molecule has 0 aliphatic heterocycles. The maximum atomic E-state index is 13.6. The predicted octanol–water partition coefficient (Wildman–Crippen LogP) is 3.15. The number of anilines is 2. The minimum atomic E-state index is -1.41. The van der Waals surface area contributed by atoms with Gasteiger partial charge in [-0.1, -0.05) is 36.4 Å². The zero-order valence-corrected chi connectivity index (χ0v) is 20.8. The van der Waals surface area contributed by atoms with Crippen molar-refractivity contribution in [1.29, 1.82) is 0 Å². The summed E-state index contributed by atoms with van der Waals surface area (Å²) < 4.78 is 13.6. The van der Waals surface area contributed by atoms with Crippen LogP contribution in [0.4, 0.5) is 15.8 Å². The third-order valence-electron chi connectivity index (χ3n) is 5.89. The summed E-state index contributed by atoms with van der Waals surface area (Å²) in [6.45, 7) is 0.523. The highest BCUT2D eigenvalue weighted by Gasteiger charge is 2.32. The van der Waals surface area contributed by atoms with Crippen LogP contribution in [0.1, 0.15) is 16.8 Å². The van der Waals surface area contributed by atoms with E-state index < -0.39 is 30.2 Å². The normalized spacial score (nSPS) is 11.4. The number of nitrogens with one attached hydrogen (secondary N) is 3. The number of rotatable bonds is 12. The molecule has 0 aromatic heterocycles. The number of aliphatic hydroxyl groups excluding tert-OH is 1. The van der Waals surface area contributed by atoms with Gasteiger partial charge in [0.25, 0.3) is 5.91 Å². The van der Waals surface area contributed by atoms with E-state index in [1.807, 2.05) is 24.3 Å². The lowest BCUT2D eigenvalue weighted by Gasteiger charge is -2.25. The molecule has 0 saturated heterocycles. The fraction of sp³-hybridized carbons (Fsp3) is 0.250. The molecule has 8 nitrogen and oxygen atoms in total. The van der Waals surface area contributed by atoms with Gasteiger partial charge in [0.2, 0.25) is 5.91 Å². The lowest BCUT2D eigenvalue weighted by molar-refractivity contribution is -0.135. The lowest BCUT2D eigenvalue weighted by atomic mass is 10.0. The Morgan fingerprint density at radius 2 is 1.49 bits per heavy atom. The van der Waals surface area contributed by atoms with Crippen molar-refractivity contribution < 1.29 is 23.9 Å². The maximum absolute atomic E-state index is 13.6. The molecule has 1 unspecified atom stereocenters. The number of hydrogen-bond acceptors (Lipinski definition) is 6. The van der Waals surface area contributed by atoms with Crippen molar-refractivity contribution in [2.24, 2.45) is 0 Å². The zero-order valence-electron chi connectivity index (χ0n) is 20.8. The van der Waals surface area contributed by atoms with Crippen molar-refractivity contribution in [3.05, 3.63) is 84.2 Å². The SMILES string of the molecule is CNC(=O)C(C(=O)CO)N(C)C(=O)c1ccc(-c2ccc(NCCCNc3ccccc3F)cc2)cc1. The number of para-hydroxylation sites is 1. The van der Waals surface area contributed by atoms with Crippen molar-refractivity contribution in [2.45, 2.75) is 12.5 Å². The summed E-state index contributed by atoms with van der Waals surface area (Å²) in [4.78, 5) is 37.9. The van der Waals surface area contributed by atoms with E-state index in [1.165, 1.54) is 20.2 Å². The van der Waals surface area contributed by atoms with Crippen molar-refractivity contribution in [2.75, 3.05) is 44.4 Å². The van der Waals surface area contributed by atoms with Crippen LogP contribution >= 0.6 is 0 Å². The molecule has 0 bridgehead atoms. The van der Waals surface area contributed by atoms with Gasteiger partial charge in [0.05, 0.1) is 5.69 Å². The minimum absolute atomic E-state index is 0.264. The van der Waals surface area contributed by atoms with Gasteiger partial charge in [-0.2, -0.15) is 0 Å². The van der Waals surface area contributed by atoms with Crippen LogP contribution in [0.5, 0.6) is 0 Å². The van der Waals surface area contributed by atoms with Crippen molar-refractivity contribution in [3.8, 4) is 11.1 Å². The number of carbonyl (C=O) groups is 3. The standard InChI is InChI=1S/C28H31FN4O4/c1-30-27(36)26(25(35)18-34)33(2)28(37)21-10-8-19(9-11-21)20-12-14-22(15-13-20)31-16-5-17-32-24-7-4-3-6-23(24)29/h3-4,6-15,26,31-32,34H,5,16-18H2,1-2H3,(H,30,36). The van der Waals surface area contributed by atoms with Gasteiger partial charge in [-0.05, 0) is 53.9 Å². The number of likely N-dealkylation sites (N-methyl/N-ethyl adjacent to an activating group) is 2. The molecule has 9 heteroatoms. The summed E-state index contributed by atoms with van der Waals surface area (Å²) in [6, 6.07) is 19.9. The van der Waals surface area contributed by atoms with E-state index in [1.54, 1.807) is 42.5 Å². The Morgan fingerprint density at radius 1 is 0.892 bits per heavy atom. The molecular formula is C28H31FN4O4. The summed E-state index contributed by atoms with van der Waals surface area (Å²) in [5.74, 6) is -2.20. The summed E-state index contributed by atoms with van der Waals surface area (Å²) >= 11 is 0. The first kappa shape index (κ1) is 27.3. The van der Waals surface area contributed by atoms with Crippen LogP contribution < -0.4 is 16.0 Å². The van der Waals surface area contributed by atoms with E-state index in [-0.39, 0.29) is 5.82 Å². The molecule has 1 atom stereocenters. The summed E-state index contributed by atoms with van der Waals surface area (Å²) in [5, 5.41) is 17.9. The molecule has 4 N–H and O–H groups in total. The smallest absolute Gasteiger partial charge is 0.254 e. The lowest BCUT2D eigenvalue weighted by Crippen LogP contribution is -2.52. The van der Waals surface area contributed by atoms with Gasteiger partial charge >= 0.3 is 0 Å². The van der Waals surface area contributed by atoms with Gasteiger partial charge in [0.1, 0.15) is 12.4 Å². The number of amides is 2. The van der Waals surface area contributed by atoms with Gasteiger partial charge in [0.15, 0.2) is 11.8 Å². The molecule has 0 radical (unpaired) electrons. The summed E-state index contributed by atoms with van der Waals surface area (Å²) in [7, 11) is 2.71. The largest absolute Gasteiger partial charge is 0.388 e. The summed E-state index contributed by atoms with van der Waals surface area (Å²) in [6.07, 6.45) is 0.810. The number of carbonyl (C=O) groups excluding carboxylic acids is 3. The molecule has 0 fully saturated rings. The molecule has 0 spiro atoms. The van der Waals surface area contributed by atoms with Crippen LogP contribution in [0.3, 0.4) is 0 Å². The van der Waals surface area contributed by atoms with Crippen LogP contribution in [0, 0.1) is 5.82 Å². The van der Waals surface area contributed by atoms with E-state index in [0.717, 1.165) is 34.7 Å². The van der Waals surface area contributed by atoms with Gasteiger partial charge in [-0.3, -0.25) is 14.4 Å². The highest BCUT2D eigenvalue weighted by molar-refractivity contribution is 6.10. The molecule has 3 aromatic carbocycles. The Hall–Kier alpha value is -4.24. The van der Waals surface area contributed by atoms with Gasteiger partial charge in [-0.15, -0.1) is 0 Å². The molecule has 2 amide bonds. The Balaban J connectivity index is 1.54. The van der Waals surface area contributed by atoms with Crippen molar-refractivity contribution >= 4 is 29.0 Å². The van der Waals surface area contributed by atoms with Crippen LogP contribution in [-0.4, -0.2) is 67.4 Å². The van der Waals surface area contributed by atoms with E-state index >= 15 is 0 Å². The van der Waals surface area contributed by atoms with Crippen LogP contribution in [0.15, 0.2) is 72.8 Å². The first-order valence-corrected chi connectivity index (χ1v) is 11.9. The minimum Gasteiger partial charge on any atom is -0.388 e. The van der Waals surface area contributed by atoms with E-state index in [2.05, 4.69) is 16.0 Å². The second-order valence-corrected chi connectivity index (χ2v) is 8.40. The average molecular weight is 507 g/mol. The number of hydrogen-bond donors (Lipinski definition) is 4. The predicted molar refractivity (Wildman–Crippen MR) is 142 cm³/mol. The third-order valence-corrected chi connectivity index (χ3v) is 5.89. The Morgan fingerprint density at radius 3 is 2.08 bits per heavy atom. The number of Topliss-reactive ketones (excluding diaryl/α,β-unsaturated/α-hetero) is 1. The highest BCUT2D eigenvalue weighted by Crippen LogP contribution is 2.23. The first-order valence-electron chi connectivity index (χ1n) is 11.9. The maximum Gasteiger partial charge on any atom is 0.254 e. The average Bonchev–Trinajstić information content (AvgIpc) is 2.93. The molecular weight excluding hydrogens is 475 g/mol. The topological polar surface area (TPSA) is 111 Å². The van der Waals surface area contributed by atoms with Gasteiger partial charge in [0, 0.05) is 38.4 Å². The Bertz CT molecular complexity index is 1200. The molecule has 0 heterocycles. The second kappa shape index (κ2) is 13.2. The monoisotopic (exact) mass is 506 g/mol. The number of benzene rings is 3. The molecule has 0 aliphatic carbocycles. The Kier molecular flexibility index (Phi) is 9.74. The molecule has 0 saturated carbocycles. The number of nitrogens with zero attached hydrogens (tertiary/aromatic N) is 1. The number of ketones is 1. The first-order chi connectivity index (χ1) is 17.8. The Labute approximate surface area is 215 Å². The fourth-order valence-corrected chi connectivity index (χ4v) is 3.82. The molecule has 3 rings (SSSR count). The second-order valence-electron chi connectivity index (χ2n) is 8.40. The molecule has 3 aromatic rings. The van der Waals surface area contributed by atoms with Crippen LogP contribution in [-0.2, 0) is 9.59 Å². The molecule has 37 heavy (non-hydrogen) atoms. The molecule has 0 aliphatic rings. The third kappa shape index (κ3) is 7.14. The number of halogens is 1. The molecule has 194 valence electrons. The van der Waals surface area contributed by atoms with E-state index in [9.17, 15) is 18.8 Å². The zero-order chi connectivity index (χ0) is 26.8. The quantitative estimate of drug-likeness (QED) is 0.222. The highest BCUT2D eigenvalue weighted by atomic mass is 19.1. The van der Waals surface area contributed by atoms with Crippen molar-refractivity contribution in [1.82, 2.24) is 10.2 Å². The van der Waals surface area contributed by atoms with Crippen LogP contribution in [0.2, 0.25) is 0 Å². The summed E-state index contributed by atoms with van der Waals surface area (Å²) in [5.41, 5.74) is 3.62. The van der Waals surface area contributed by atoms with Crippen LogP contribution in [0.25, 0.3) is 11.1 Å². The van der Waals surface area contributed by atoms with E-state index in [4.69, 9.17) is 5.11 Å². The number of aliphatic hydroxyl groups is 1. The van der Waals surface area contributed by atoms with Gasteiger partial charge < -0.3 is 26.0 Å². The van der Waals surface area contributed by atoms with Gasteiger partial charge in [-0.25, -0.2) is 4.39 Å². The fourth-order valence-electron chi connectivity index (χ4n) is 3.82. The van der Waals surface area contributed by atoms with E-state index in [0.29, 0.717) is 17.8 Å². The van der Waals surface area contributed by atoms with Crippen molar-refractivity contribution in [3.63, 3.8) is 0 Å².